The SMILES string of the molecule is CCOc1cc(/C=c2\sc3n(c2=O)C(c2ccc(C(C)C)cc2)C(C(=O)OC)=C(C)N=3)ccc1OCc1ccc(Br)cc1. The first-order valence-corrected chi connectivity index (χ1v) is 15.7. The number of carbonyl (C=O) groups excluding carboxylic acids is 1. The molecule has 0 radical (unpaired) electrons. The summed E-state index contributed by atoms with van der Waals surface area (Å²) in [5.41, 5.74) is 4.46. The van der Waals surface area contributed by atoms with Crippen LogP contribution in [0.15, 0.2) is 92.3 Å². The molecule has 0 amide bonds. The van der Waals surface area contributed by atoms with Gasteiger partial charge in [-0.15, -0.1) is 0 Å². The van der Waals surface area contributed by atoms with Gasteiger partial charge in [-0.2, -0.15) is 0 Å². The Morgan fingerprint density at radius 1 is 1.05 bits per heavy atom. The molecular weight excluding hydrogens is 628 g/mol. The third-order valence-corrected chi connectivity index (χ3v) is 8.73. The number of fused-ring (bicyclic) bond motifs is 1. The minimum Gasteiger partial charge on any atom is -0.490 e. The topological polar surface area (TPSA) is 79.1 Å². The van der Waals surface area contributed by atoms with Crippen LogP contribution in [0.25, 0.3) is 6.08 Å². The number of benzene rings is 3. The average molecular weight is 662 g/mol. The molecule has 9 heteroatoms. The van der Waals surface area contributed by atoms with Crippen molar-refractivity contribution in [2.45, 2.75) is 46.3 Å². The molecule has 0 aliphatic carbocycles. The standard InChI is InChI=1S/C34H33BrN2O5S/c1-6-41-28-17-23(9-16-27(28)42-19-22-7-14-26(35)15-8-22)18-29-32(38)37-31(25-12-10-24(11-13-25)20(2)3)30(33(39)40-5)21(4)36-34(37)43-29/h7-18,20,31H,6,19H2,1-5H3/b29-18-. The molecule has 222 valence electrons. The first-order chi connectivity index (χ1) is 20.7. The predicted molar refractivity (Wildman–Crippen MR) is 172 cm³/mol. The van der Waals surface area contributed by atoms with Gasteiger partial charge in [-0.25, -0.2) is 9.79 Å². The van der Waals surface area contributed by atoms with E-state index >= 15 is 0 Å². The quantitative estimate of drug-likeness (QED) is 0.198. The van der Waals surface area contributed by atoms with Gasteiger partial charge in [0.1, 0.15) is 6.61 Å². The van der Waals surface area contributed by atoms with E-state index in [1.165, 1.54) is 24.0 Å². The molecule has 0 bridgehead atoms. The fourth-order valence-electron chi connectivity index (χ4n) is 4.97. The zero-order valence-electron chi connectivity index (χ0n) is 24.7. The third-order valence-electron chi connectivity index (χ3n) is 7.22. The van der Waals surface area contributed by atoms with Gasteiger partial charge >= 0.3 is 5.97 Å². The molecule has 3 aromatic carbocycles. The Balaban J connectivity index is 1.54. The second kappa shape index (κ2) is 13.1. The molecule has 43 heavy (non-hydrogen) atoms. The maximum absolute atomic E-state index is 13.9. The van der Waals surface area contributed by atoms with E-state index in [4.69, 9.17) is 14.2 Å². The molecule has 0 N–H and O–H groups in total. The Kier molecular flexibility index (Phi) is 9.32. The van der Waals surface area contributed by atoms with Gasteiger partial charge in [-0.3, -0.25) is 9.36 Å². The van der Waals surface area contributed by atoms with Crippen LogP contribution in [0.3, 0.4) is 0 Å². The molecule has 1 aromatic heterocycles. The van der Waals surface area contributed by atoms with E-state index in [1.807, 2.05) is 79.7 Å². The van der Waals surface area contributed by atoms with Crippen LogP contribution in [0, 0.1) is 0 Å². The van der Waals surface area contributed by atoms with E-state index in [-0.39, 0.29) is 5.56 Å². The summed E-state index contributed by atoms with van der Waals surface area (Å²) in [5, 5.41) is 0. The molecule has 1 unspecified atom stereocenters. The summed E-state index contributed by atoms with van der Waals surface area (Å²) >= 11 is 4.74. The molecule has 2 heterocycles. The van der Waals surface area contributed by atoms with E-state index in [0.29, 0.717) is 51.2 Å². The molecule has 0 spiro atoms. The molecule has 5 rings (SSSR count). The van der Waals surface area contributed by atoms with Crippen molar-refractivity contribution in [2.24, 2.45) is 4.99 Å². The highest BCUT2D eigenvalue weighted by Crippen LogP contribution is 2.32. The van der Waals surface area contributed by atoms with E-state index in [9.17, 15) is 9.59 Å². The smallest absolute Gasteiger partial charge is 0.338 e. The number of hydrogen-bond donors (Lipinski definition) is 0. The van der Waals surface area contributed by atoms with E-state index in [1.54, 1.807) is 11.5 Å². The Hall–Kier alpha value is -3.95. The number of halogens is 1. The van der Waals surface area contributed by atoms with Crippen molar-refractivity contribution >= 4 is 39.3 Å². The lowest BCUT2D eigenvalue weighted by atomic mass is 9.93. The van der Waals surface area contributed by atoms with Crippen LogP contribution >= 0.6 is 27.3 Å². The van der Waals surface area contributed by atoms with Crippen LogP contribution in [0.5, 0.6) is 11.5 Å². The molecular formula is C34H33BrN2O5S. The normalized spacial score (nSPS) is 14.9. The van der Waals surface area contributed by atoms with Gasteiger partial charge in [0.2, 0.25) is 0 Å². The number of rotatable bonds is 9. The number of methoxy groups -OCH3 is 1. The number of allylic oxidation sites excluding steroid dienone is 1. The first-order valence-electron chi connectivity index (χ1n) is 14.0. The molecule has 1 aliphatic heterocycles. The van der Waals surface area contributed by atoms with Gasteiger partial charge in [0.05, 0.1) is 35.6 Å². The summed E-state index contributed by atoms with van der Waals surface area (Å²) in [4.78, 5) is 32.1. The number of ether oxygens (including phenoxy) is 3. The molecule has 0 saturated carbocycles. The van der Waals surface area contributed by atoms with Gasteiger partial charge in [0, 0.05) is 4.47 Å². The van der Waals surface area contributed by atoms with Crippen molar-refractivity contribution < 1.29 is 19.0 Å². The van der Waals surface area contributed by atoms with Crippen molar-refractivity contribution in [3.63, 3.8) is 0 Å². The second-order valence-electron chi connectivity index (χ2n) is 10.4. The minimum atomic E-state index is -0.652. The number of thiazole rings is 1. The van der Waals surface area contributed by atoms with E-state index in [2.05, 4.69) is 34.8 Å². The Morgan fingerprint density at radius 3 is 2.42 bits per heavy atom. The lowest BCUT2D eigenvalue weighted by Gasteiger charge is -2.24. The van der Waals surface area contributed by atoms with Gasteiger partial charge in [0.15, 0.2) is 16.3 Å². The molecule has 4 aromatic rings. The van der Waals surface area contributed by atoms with Crippen LogP contribution < -0.4 is 24.4 Å². The monoisotopic (exact) mass is 660 g/mol. The number of nitrogens with zero attached hydrogens (tertiary/aromatic N) is 2. The molecule has 7 nitrogen and oxygen atoms in total. The summed E-state index contributed by atoms with van der Waals surface area (Å²) < 4.78 is 20.2. The van der Waals surface area contributed by atoms with Crippen LogP contribution in [0.1, 0.15) is 61.9 Å². The fraction of sp³-hybridized carbons (Fsp3) is 0.265. The zero-order chi connectivity index (χ0) is 30.7. The lowest BCUT2D eigenvalue weighted by Crippen LogP contribution is -2.39. The first kappa shape index (κ1) is 30.5. The summed E-state index contributed by atoms with van der Waals surface area (Å²) in [6, 6.07) is 20.9. The highest BCUT2D eigenvalue weighted by molar-refractivity contribution is 9.10. The molecule has 1 atom stereocenters. The maximum atomic E-state index is 13.9. The van der Waals surface area contributed by atoms with Crippen molar-refractivity contribution in [3.8, 4) is 11.5 Å². The van der Waals surface area contributed by atoms with Crippen molar-refractivity contribution in [2.75, 3.05) is 13.7 Å². The van der Waals surface area contributed by atoms with Crippen LogP contribution in [0.4, 0.5) is 0 Å². The largest absolute Gasteiger partial charge is 0.490 e. The predicted octanol–water partition coefficient (Wildman–Crippen LogP) is 6.27. The Bertz CT molecular complexity index is 1850. The summed E-state index contributed by atoms with van der Waals surface area (Å²) in [7, 11) is 1.34. The Labute approximate surface area is 262 Å². The van der Waals surface area contributed by atoms with E-state index < -0.39 is 12.0 Å². The van der Waals surface area contributed by atoms with Crippen molar-refractivity contribution in [1.82, 2.24) is 4.57 Å². The van der Waals surface area contributed by atoms with Crippen LogP contribution in [-0.2, 0) is 16.1 Å². The summed E-state index contributed by atoms with van der Waals surface area (Å²) in [5.74, 6) is 1.06. The molecule has 0 saturated heterocycles. The maximum Gasteiger partial charge on any atom is 0.338 e. The van der Waals surface area contributed by atoms with E-state index in [0.717, 1.165) is 21.2 Å². The van der Waals surface area contributed by atoms with Crippen LogP contribution in [0.2, 0.25) is 0 Å². The highest BCUT2D eigenvalue weighted by Gasteiger charge is 2.33. The van der Waals surface area contributed by atoms with Crippen molar-refractivity contribution in [3.05, 3.63) is 124 Å². The zero-order valence-corrected chi connectivity index (χ0v) is 27.1. The van der Waals surface area contributed by atoms with Gasteiger partial charge in [0.25, 0.3) is 5.56 Å². The minimum absolute atomic E-state index is 0.232. The number of aromatic nitrogens is 1. The Morgan fingerprint density at radius 2 is 1.77 bits per heavy atom. The van der Waals surface area contributed by atoms with Gasteiger partial charge < -0.3 is 14.2 Å². The third kappa shape index (κ3) is 6.53. The number of esters is 1. The lowest BCUT2D eigenvalue weighted by molar-refractivity contribution is -0.136. The van der Waals surface area contributed by atoms with Gasteiger partial charge in [-0.1, -0.05) is 83.6 Å². The van der Waals surface area contributed by atoms with Crippen LogP contribution in [-0.4, -0.2) is 24.3 Å². The summed E-state index contributed by atoms with van der Waals surface area (Å²) in [6.45, 7) is 8.80. The molecule has 1 aliphatic rings. The number of hydrogen-bond acceptors (Lipinski definition) is 7. The highest BCUT2D eigenvalue weighted by atomic mass is 79.9. The second-order valence-corrected chi connectivity index (χ2v) is 12.4. The van der Waals surface area contributed by atoms with Crippen molar-refractivity contribution in [1.29, 1.82) is 0 Å². The fourth-order valence-corrected chi connectivity index (χ4v) is 6.28. The number of carbonyl (C=O) groups is 1. The van der Waals surface area contributed by atoms with Gasteiger partial charge in [-0.05, 0) is 72.4 Å². The average Bonchev–Trinajstić information content (AvgIpc) is 3.30. The summed E-state index contributed by atoms with van der Waals surface area (Å²) in [6.07, 6.45) is 1.82. The molecule has 0 fully saturated rings.